The fraction of sp³-hybridized carbons (Fsp3) is 0.533. The van der Waals surface area contributed by atoms with Crippen molar-refractivity contribution < 1.29 is 5.11 Å². The van der Waals surface area contributed by atoms with Crippen LogP contribution >= 0.6 is 12.2 Å². The molecule has 0 bridgehead atoms. The Morgan fingerprint density at radius 2 is 1.84 bits per heavy atom. The lowest BCUT2D eigenvalue weighted by molar-refractivity contribution is 0.110. The Labute approximate surface area is 120 Å². The third kappa shape index (κ3) is 3.91. The van der Waals surface area contributed by atoms with Gasteiger partial charge in [0.2, 0.25) is 0 Å². The van der Waals surface area contributed by atoms with Crippen molar-refractivity contribution in [3.63, 3.8) is 0 Å². The number of piperidine rings is 1. The van der Waals surface area contributed by atoms with E-state index in [0.29, 0.717) is 5.92 Å². The normalized spacial score (nSPS) is 16.7. The van der Waals surface area contributed by atoms with Crippen LogP contribution in [0.1, 0.15) is 38.2 Å². The quantitative estimate of drug-likeness (QED) is 0.815. The SMILES string of the molecule is CC(C)c1ccc(NC(=S)N2CCC(O)CC2)cc1. The molecule has 2 N–H and O–H groups in total. The molecule has 0 amide bonds. The summed E-state index contributed by atoms with van der Waals surface area (Å²) in [7, 11) is 0. The van der Waals surface area contributed by atoms with Gasteiger partial charge in [-0.05, 0) is 48.7 Å². The molecule has 1 saturated heterocycles. The number of benzene rings is 1. The van der Waals surface area contributed by atoms with E-state index in [9.17, 15) is 5.11 Å². The molecule has 0 saturated carbocycles. The average molecular weight is 278 g/mol. The van der Waals surface area contributed by atoms with Crippen LogP contribution in [0.3, 0.4) is 0 Å². The number of aliphatic hydroxyl groups is 1. The van der Waals surface area contributed by atoms with Crippen molar-refractivity contribution in [1.82, 2.24) is 4.90 Å². The number of hydrogen-bond acceptors (Lipinski definition) is 2. The number of rotatable bonds is 2. The van der Waals surface area contributed by atoms with Crippen molar-refractivity contribution in [3.05, 3.63) is 29.8 Å². The van der Waals surface area contributed by atoms with Crippen LogP contribution in [0.25, 0.3) is 0 Å². The minimum absolute atomic E-state index is 0.163. The molecule has 4 heteroatoms. The van der Waals surface area contributed by atoms with Crippen LogP contribution in [0.5, 0.6) is 0 Å². The van der Waals surface area contributed by atoms with E-state index in [1.807, 2.05) is 0 Å². The monoisotopic (exact) mass is 278 g/mol. The summed E-state index contributed by atoms with van der Waals surface area (Å²) in [6.45, 7) is 6.03. The van der Waals surface area contributed by atoms with E-state index < -0.39 is 0 Å². The van der Waals surface area contributed by atoms with Crippen molar-refractivity contribution in [2.24, 2.45) is 0 Å². The summed E-state index contributed by atoms with van der Waals surface area (Å²) in [5, 5.41) is 13.5. The second kappa shape index (κ2) is 6.35. The van der Waals surface area contributed by atoms with Gasteiger partial charge in [0.25, 0.3) is 0 Å². The molecule has 1 aromatic rings. The molecule has 0 spiro atoms. The number of hydrogen-bond donors (Lipinski definition) is 2. The van der Waals surface area contributed by atoms with Gasteiger partial charge in [-0.3, -0.25) is 0 Å². The van der Waals surface area contributed by atoms with Gasteiger partial charge in [0.1, 0.15) is 0 Å². The average Bonchev–Trinajstić information content (AvgIpc) is 2.40. The van der Waals surface area contributed by atoms with Gasteiger partial charge in [-0.15, -0.1) is 0 Å². The lowest BCUT2D eigenvalue weighted by atomic mass is 10.0. The highest BCUT2D eigenvalue weighted by Gasteiger charge is 2.18. The van der Waals surface area contributed by atoms with Gasteiger partial charge in [0, 0.05) is 18.8 Å². The first-order valence-electron chi connectivity index (χ1n) is 6.90. The summed E-state index contributed by atoms with van der Waals surface area (Å²) in [6.07, 6.45) is 1.44. The molecule has 19 heavy (non-hydrogen) atoms. The Kier molecular flexibility index (Phi) is 4.77. The molecule has 2 rings (SSSR count). The van der Waals surface area contributed by atoms with E-state index in [1.54, 1.807) is 0 Å². The highest BCUT2D eigenvalue weighted by Crippen LogP contribution is 2.18. The number of thiocarbonyl (C=S) groups is 1. The predicted octanol–water partition coefficient (Wildman–Crippen LogP) is 2.96. The summed E-state index contributed by atoms with van der Waals surface area (Å²) >= 11 is 5.41. The Morgan fingerprint density at radius 3 is 2.37 bits per heavy atom. The Balaban J connectivity index is 1.91. The maximum atomic E-state index is 9.49. The zero-order valence-corrected chi connectivity index (χ0v) is 12.4. The van der Waals surface area contributed by atoms with Crippen LogP contribution in [-0.2, 0) is 0 Å². The van der Waals surface area contributed by atoms with Gasteiger partial charge >= 0.3 is 0 Å². The van der Waals surface area contributed by atoms with Gasteiger partial charge in [0.05, 0.1) is 6.10 Å². The third-order valence-corrected chi connectivity index (χ3v) is 3.94. The molecule has 0 aromatic heterocycles. The van der Waals surface area contributed by atoms with Crippen molar-refractivity contribution in [2.45, 2.75) is 38.7 Å². The van der Waals surface area contributed by atoms with E-state index in [4.69, 9.17) is 12.2 Å². The van der Waals surface area contributed by atoms with Crippen LogP contribution in [0.4, 0.5) is 5.69 Å². The molecule has 1 aromatic carbocycles. The second-order valence-corrected chi connectivity index (χ2v) is 5.81. The molecule has 3 nitrogen and oxygen atoms in total. The topological polar surface area (TPSA) is 35.5 Å². The Bertz CT molecular complexity index is 422. The minimum atomic E-state index is -0.163. The van der Waals surface area contributed by atoms with E-state index >= 15 is 0 Å². The number of likely N-dealkylation sites (tertiary alicyclic amines) is 1. The van der Waals surface area contributed by atoms with E-state index in [0.717, 1.165) is 36.7 Å². The highest BCUT2D eigenvalue weighted by atomic mass is 32.1. The molecule has 0 unspecified atom stereocenters. The summed E-state index contributed by atoms with van der Waals surface area (Å²) < 4.78 is 0. The molecule has 1 aliphatic rings. The first-order valence-corrected chi connectivity index (χ1v) is 7.31. The maximum absolute atomic E-state index is 9.49. The van der Waals surface area contributed by atoms with Crippen molar-refractivity contribution in [3.8, 4) is 0 Å². The molecular weight excluding hydrogens is 256 g/mol. The van der Waals surface area contributed by atoms with Gasteiger partial charge in [-0.1, -0.05) is 26.0 Å². The first-order chi connectivity index (χ1) is 9.06. The van der Waals surface area contributed by atoms with Crippen LogP contribution in [0, 0.1) is 0 Å². The molecule has 0 radical (unpaired) electrons. The number of anilines is 1. The van der Waals surface area contributed by atoms with Crippen molar-refractivity contribution in [2.75, 3.05) is 18.4 Å². The first kappa shape index (κ1) is 14.3. The number of nitrogens with zero attached hydrogens (tertiary/aromatic N) is 1. The van der Waals surface area contributed by atoms with Crippen LogP contribution in [-0.4, -0.2) is 34.3 Å². The molecule has 1 aliphatic heterocycles. The zero-order chi connectivity index (χ0) is 13.8. The summed E-state index contributed by atoms with van der Waals surface area (Å²) in [5.74, 6) is 0.546. The molecule has 1 heterocycles. The third-order valence-electron chi connectivity index (χ3n) is 3.58. The number of nitrogens with one attached hydrogen (secondary N) is 1. The molecule has 1 fully saturated rings. The van der Waals surface area contributed by atoms with E-state index in [1.165, 1.54) is 5.56 Å². The van der Waals surface area contributed by atoms with Crippen LogP contribution in [0.15, 0.2) is 24.3 Å². The van der Waals surface area contributed by atoms with Crippen LogP contribution in [0.2, 0.25) is 0 Å². The maximum Gasteiger partial charge on any atom is 0.173 e. The van der Waals surface area contributed by atoms with E-state index in [-0.39, 0.29) is 6.10 Å². The van der Waals surface area contributed by atoms with Crippen LogP contribution < -0.4 is 5.32 Å². The Hall–Kier alpha value is -1.13. The molecule has 0 aliphatic carbocycles. The lowest BCUT2D eigenvalue weighted by Crippen LogP contribution is -2.42. The fourth-order valence-corrected chi connectivity index (χ4v) is 2.52. The molecule has 104 valence electrons. The molecular formula is C15H22N2OS. The van der Waals surface area contributed by atoms with Gasteiger partial charge < -0.3 is 15.3 Å². The number of aliphatic hydroxyl groups excluding tert-OH is 1. The van der Waals surface area contributed by atoms with Crippen molar-refractivity contribution in [1.29, 1.82) is 0 Å². The zero-order valence-electron chi connectivity index (χ0n) is 11.6. The molecule has 0 atom stereocenters. The van der Waals surface area contributed by atoms with Gasteiger partial charge in [-0.2, -0.15) is 0 Å². The highest BCUT2D eigenvalue weighted by molar-refractivity contribution is 7.80. The Morgan fingerprint density at radius 1 is 1.26 bits per heavy atom. The summed E-state index contributed by atoms with van der Waals surface area (Å²) in [4.78, 5) is 2.12. The largest absolute Gasteiger partial charge is 0.393 e. The van der Waals surface area contributed by atoms with Gasteiger partial charge in [0.15, 0.2) is 5.11 Å². The van der Waals surface area contributed by atoms with Crippen molar-refractivity contribution >= 4 is 23.0 Å². The van der Waals surface area contributed by atoms with E-state index in [2.05, 4.69) is 48.3 Å². The smallest absolute Gasteiger partial charge is 0.173 e. The predicted molar refractivity (Wildman–Crippen MR) is 83.6 cm³/mol. The lowest BCUT2D eigenvalue weighted by Gasteiger charge is -2.31. The van der Waals surface area contributed by atoms with Gasteiger partial charge in [-0.25, -0.2) is 0 Å². The standard InChI is InChI=1S/C15H22N2OS/c1-11(2)12-3-5-13(6-4-12)16-15(19)17-9-7-14(18)8-10-17/h3-6,11,14,18H,7-10H2,1-2H3,(H,16,19). The fourth-order valence-electron chi connectivity index (χ4n) is 2.22. The summed E-state index contributed by atoms with van der Waals surface area (Å²) in [5.41, 5.74) is 2.36. The minimum Gasteiger partial charge on any atom is -0.393 e. The summed E-state index contributed by atoms with van der Waals surface area (Å²) in [6, 6.07) is 8.41. The second-order valence-electron chi connectivity index (χ2n) is 5.43.